The molecule has 28 heavy (non-hydrogen) atoms. The summed E-state index contributed by atoms with van der Waals surface area (Å²) in [7, 11) is 0. The van der Waals surface area contributed by atoms with E-state index in [0.29, 0.717) is 4.34 Å². The van der Waals surface area contributed by atoms with Crippen molar-refractivity contribution in [3.05, 3.63) is 71.1 Å². The first-order chi connectivity index (χ1) is 13.5. The fourth-order valence-electron chi connectivity index (χ4n) is 2.95. The minimum absolute atomic E-state index is 0.0516. The maximum Gasteiger partial charge on any atom is 0.296 e. The van der Waals surface area contributed by atoms with Crippen LogP contribution in [0.3, 0.4) is 0 Å². The lowest BCUT2D eigenvalue weighted by Gasteiger charge is -2.24. The maximum atomic E-state index is 14.6. The lowest BCUT2D eigenvalue weighted by Crippen LogP contribution is -2.31. The number of benzene rings is 1. The first kappa shape index (κ1) is 18.4. The van der Waals surface area contributed by atoms with Gasteiger partial charge in [-0.3, -0.25) is 14.5 Å². The molecule has 7 nitrogen and oxygen atoms in total. The van der Waals surface area contributed by atoms with Crippen molar-refractivity contribution in [2.75, 3.05) is 11.2 Å². The lowest BCUT2D eigenvalue weighted by atomic mass is 9.95. The molecule has 142 valence electrons. The van der Waals surface area contributed by atoms with Gasteiger partial charge in [0.25, 0.3) is 5.91 Å². The van der Waals surface area contributed by atoms with Crippen LogP contribution in [-0.2, 0) is 4.79 Å². The number of aliphatic hydroxyl groups is 1. The van der Waals surface area contributed by atoms with Gasteiger partial charge in [0, 0.05) is 5.56 Å². The van der Waals surface area contributed by atoms with E-state index >= 15 is 0 Å². The molecule has 0 saturated heterocycles. The summed E-state index contributed by atoms with van der Waals surface area (Å²) in [5.74, 6) is -3.03. The molecule has 3 heterocycles. The average Bonchev–Trinajstić information content (AvgIpc) is 3.43. The molecular weight excluding hydrogens is 405 g/mol. The van der Waals surface area contributed by atoms with E-state index in [1.165, 1.54) is 48.4 Å². The molecule has 1 atom stereocenters. The standard InChI is InChI=1S/C18H12FN3O4S2/c1-27-18-21-20-17(28-18)22-13(9-5-2-3-6-10(9)19)12(15(24)16(22)25)14(23)11-7-4-8-26-11/h2-8,13,24H,1H3/t13-/m0/s1. The number of carbonyl (C=O) groups is 2. The van der Waals surface area contributed by atoms with Crippen LogP contribution >= 0.6 is 23.1 Å². The molecule has 0 radical (unpaired) electrons. The topological polar surface area (TPSA) is 96.5 Å². The minimum Gasteiger partial charge on any atom is -0.503 e. The Morgan fingerprint density at radius 2 is 2.07 bits per heavy atom. The quantitative estimate of drug-likeness (QED) is 0.383. The molecular formula is C18H12FN3O4S2. The summed E-state index contributed by atoms with van der Waals surface area (Å²) in [6.45, 7) is 0. The van der Waals surface area contributed by atoms with E-state index in [2.05, 4.69) is 10.2 Å². The summed E-state index contributed by atoms with van der Waals surface area (Å²) < 4.78 is 20.3. The maximum absolute atomic E-state index is 14.6. The fourth-order valence-corrected chi connectivity index (χ4v) is 4.23. The fraction of sp³-hybridized carbons (Fsp3) is 0.111. The van der Waals surface area contributed by atoms with E-state index in [1.54, 1.807) is 12.3 Å². The number of thioether (sulfide) groups is 1. The average molecular weight is 417 g/mol. The minimum atomic E-state index is -1.20. The number of anilines is 1. The highest BCUT2D eigenvalue weighted by Gasteiger charge is 2.47. The van der Waals surface area contributed by atoms with Crippen LogP contribution in [0.4, 0.5) is 9.52 Å². The Labute approximate surface area is 166 Å². The number of aliphatic hydroxyl groups excluding tert-OH is 1. The van der Waals surface area contributed by atoms with E-state index in [9.17, 15) is 19.1 Å². The van der Waals surface area contributed by atoms with Crippen LogP contribution in [0, 0.1) is 5.82 Å². The Hall–Kier alpha value is -2.98. The number of amides is 1. The van der Waals surface area contributed by atoms with Gasteiger partial charge >= 0.3 is 0 Å². The molecule has 0 spiro atoms. The van der Waals surface area contributed by atoms with Crippen LogP contribution in [0.15, 0.2) is 62.8 Å². The van der Waals surface area contributed by atoms with E-state index < -0.39 is 29.3 Å². The molecule has 0 unspecified atom stereocenters. The summed E-state index contributed by atoms with van der Waals surface area (Å²) in [6.07, 6.45) is 3.10. The molecule has 0 fully saturated rings. The van der Waals surface area contributed by atoms with Gasteiger partial charge in [-0.15, -0.1) is 10.2 Å². The van der Waals surface area contributed by atoms with Crippen LogP contribution in [0.1, 0.15) is 22.2 Å². The number of rotatable bonds is 5. The molecule has 0 bridgehead atoms. The van der Waals surface area contributed by atoms with Gasteiger partial charge in [-0.25, -0.2) is 4.39 Å². The smallest absolute Gasteiger partial charge is 0.296 e. The Bertz CT molecular complexity index is 1090. The van der Waals surface area contributed by atoms with Gasteiger partial charge in [-0.05, 0) is 24.5 Å². The van der Waals surface area contributed by atoms with Crippen molar-refractivity contribution in [3.8, 4) is 0 Å². The van der Waals surface area contributed by atoms with Crippen LogP contribution in [0.5, 0.6) is 0 Å². The number of hydrogen-bond acceptors (Lipinski definition) is 8. The molecule has 1 N–H and O–H groups in total. The Balaban J connectivity index is 1.89. The SMILES string of the molecule is CSc1nnc(N2C(=O)C(O)=C(C(=O)c3ccco3)[C@@H]2c2ccccc2F)s1. The van der Waals surface area contributed by atoms with Gasteiger partial charge in [0.15, 0.2) is 15.9 Å². The highest BCUT2D eigenvalue weighted by molar-refractivity contribution is 8.00. The van der Waals surface area contributed by atoms with Crippen molar-refractivity contribution in [1.82, 2.24) is 10.2 Å². The summed E-state index contributed by atoms with van der Waals surface area (Å²) in [5.41, 5.74) is -0.221. The van der Waals surface area contributed by atoms with Crippen molar-refractivity contribution >= 4 is 39.9 Å². The number of ketones is 1. The number of aromatic nitrogens is 2. The summed E-state index contributed by atoms with van der Waals surface area (Å²) in [6, 6.07) is 7.46. The van der Waals surface area contributed by atoms with Gasteiger partial charge in [0.05, 0.1) is 11.8 Å². The molecule has 1 aliphatic rings. The van der Waals surface area contributed by atoms with Crippen LogP contribution in [0.2, 0.25) is 0 Å². The lowest BCUT2D eigenvalue weighted by molar-refractivity contribution is -0.117. The van der Waals surface area contributed by atoms with E-state index in [-0.39, 0.29) is 22.0 Å². The third-order valence-electron chi connectivity index (χ3n) is 4.17. The predicted molar refractivity (Wildman–Crippen MR) is 101 cm³/mol. The zero-order chi connectivity index (χ0) is 19.8. The summed E-state index contributed by atoms with van der Waals surface area (Å²) in [5, 5.41) is 18.6. The van der Waals surface area contributed by atoms with Gasteiger partial charge in [0.2, 0.25) is 10.9 Å². The Kier molecular flexibility index (Phi) is 4.73. The molecule has 0 saturated carbocycles. The number of hydrogen-bond donors (Lipinski definition) is 1. The van der Waals surface area contributed by atoms with Gasteiger partial charge in [0.1, 0.15) is 11.9 Å². The number of Topliss-reactive ketones (excluding diaryl/α,β-unsaturated/α-hetero) is 1. The Morgan fingerprint density at radius 3 is 2.71 bits per heavy atom. The van der Waals surface area contributed by atoms with Crippen LogP contribution in [0.25, 0.3) is 0 Å². The highest BCUT2D eigenvalue weighted by Crippen LogP contribution is 2.44. The first-order valence-corrected chi connectivity index (χ1v) is 10.0. The second-order valence-corrected chi connectivity index (χ2v) is 7.73. The van der Waals surface area contributed by atoms with Gasteiger partial charge < -0.3 is 9.52 Å². The van der Waals surface area contributed by atoms with E-state index in [4.69, 9.17) is 4.42 Å². The molecule has 4 rings (SSSR count). The second kappa shape index (κ2) is 7.21. The molecule has 10 heteroatoms. The third kappa shape index (κ3) is 2.90. The summed E-state index contributed by atoms with van der Waals surface area (Å²) in [4.78, 5) is 26.9. The zero-order valence-electron chi connectivity index (χ0n) is 14.3. The van der Waals surface area contributed by atoms with Crippen molar-refractivity contribution in [1.29, 1.82) is 0 Å². The largest absolute Gasteiger partial charge is 0.503 e. The van der Waals surface area contributed by atoms with Crippen LogP contribution in [-0.4, -0.2) is 33.3 Å². The second-order valence-electron chi connectivity index (χ2n) is 5.72. The molecule has 1 aliphatic heterocycles. The van der Waals surface area contributed by atoms with Crippen molar-refractivity contribution < 1.29 is 23.5 Å². The molecule has 0 aliphatic carbocycles. The molecule has 2 aromatic heterocycles. The van der Waals surface area contributed by atoms with Crippen molar-refractivity contribution in [3.63, 3.8) is 0 Å². The number of halogens is 1. The third-order valence-corrected chi connectivity index (χ3v) is 6.07. The summed E-state index contributed by atoms with van der Waals surface area (Å²) >= 11 is 2.43. The van der Waals surface area contributed by atoms with Gasteiger partial charge in [-0.2, -0.15) is 0 Å². The van der Waals surface area contributed by atoms with E-state index in [0.717, 1.165) is 16.2 Å². The van der Waals surface area contributed by atoms with Crippen LogP contribution < -0.4 is 4.90 Å². The highest BCUT2D eigenvalue weighted by atomic mass is 32.2. The van der Waals surface area contributed by atoms with Crippen molar-refractivity contribution in [2.24, 2.45) is 0 Å². The number of furan rings is 1. The first-order valence-electron chi connectivity index (χ1n) is 7.99. The number of nitrogens with zero attached hydrogens (tertiary/aromatic N) is 3. The Morgan fingerprint density at radius 1 is 1.29 bits per heavy atom. The normalized spacial score (nSPS) is 16.9. The monoisotopic (exact) mass is 417 g/mol. The zero-order valence-corrected chi connectivity index (χ0v) is 16.0. The van der Waals surface area contributed by atoms with Crippen molar-refractivity contribution in [2.45, 2.75) is 10.4 Å². The molecule has 3 aromatic rings. The van der Waals surface area contributed by atoms with Gasteiger partial charge in [-0.1, -0.05) is 41.3 Å². The predicted octanol–water partition coefficient (Wildman–Crippen LogP) is 3.78. The molecule has 1 aromatic carbocycles. The molecule has 1 amide bonds. The van der Waals surface area contributed by atoms with E-state index in [1.807, 2.05) is 0 Å². The number of carbonyl (C=O) groups excluding carboxylic acids is 2.